The molecule has 1 rings (SSSR count). The van der Waals surface area contributed by atoms with Crippen LogP contribution in [0.2, 0.25) is 0 Å². The van der Waals surface area contributed by atoms with Crippen molar-refractivity contribution >= 4 is 40.3 Å². The molecule has 2 amide bonds. The SMILES string of the molecule is COCCOCCNC(=O)Nc1ccc(I)cc1C(=O)O. The second kappa shape index (κ2) is 9.53. The van der Waals surface area contributed by atoms with E-state index >= 15 is 0 Å². The van der Waals surface area contributed by atoms with Crippen LogP contribution in [0.4, 0.5) is 10.5 Å². The van der Waals surface area contributed by atoms with Crippen LogP contribution in [-0.2, 0) is 9.47 Å². The van der Waals surface area contributed by atoms with Crippen molar-refractivity contribution in [3.05, 3.63) is 27.3 Å². The minimum Gasteiger partial charge on any atom is -0.478 e. The number of nitrogens with one attached hydrogen (secondary N) is 2. The van der Waals surface area contributed by atoms with Crippen LogP contribution in [0.15, 0.2) is 18.2 Å². The Kier molecular flexibility index (Phi) is 8.01. The summed E-state index contributed by atoms with van der Waals surface area (Å²) in [7, 11) is 1.58. The number of carbonyl (C=O) groups is 2. The summed E-state index contributed by atoms with van der Waals surface area (Å²) in [6.45, 7) is 1.63. The Morgan fingerprint density at radius 2 is 2.05 bits per heavy atom. The number of carboxylic acids is 1. The highest BCUT2D eigenvalue weighted by molar-refractivity contribution is 14.1. The minimum atomic E-state index is -1.09. The molecule has 0 aliphatic rings. The first-order valence-electron chi connectivity index (χ1n) is 6.19. The van der Waals surface area contributed by atoms with Gasteiger partial charge in [-0.25, -0.2) is 9.59 Å². The Morgan fingerprint density at radius 1 is 1.29 bits per heavy atom. The largest absolute Gasteiger partial charge is 0.478 e. The zero-order chi connectivity index (χ0) is 15.7. The average Bonchev–Trinajstić information content (AvgIpc) is 2.44. The highest BCUT2D eigenvalue weighted by Crippen LogP contribution is 2.18. The van der Waals surface area contributed by atoms with E-state index in [0.717, 1.165) is 3.57 Å². The number of halogens is 1. The molecular weight excluding hydrogens is 391 g/mol. The van der Waals surface area contributed by atoms with Gasteiger partial charge in [-0.15, -0.1) is 0 Å². The molecule has 21 heavy (non-hydrogen) atoms. The fourth-order valence-corrected chi connectivity index (χ4v) is 1.94. The van der Waals surface area contributed by atoms with Crippen molar-refractivity contribution in [2.24, 2.45) is 0 Å². The summed E-state index contributed by atoms with van der Waals surface area (Å²) in [5, 5.41) is 14.2. The highest BCUT2D eigenvalue weighted by Gasteiger charge is 2.12. The van der Waals surface area contributed by atoms with Crippen molar-refractivity contribution in [3.63, 3.8) is 0 Å². The van der Waals surface area contributed by atoms with Crippen LogP contribution in [0.25, 0.3) is 0 Å². The quantitative estimate of drug-likeness (QED) is 0.450. The Labute approximate surface area is 136 Å². The van der Waals surface area contributed by atoms with Gasteiger partial charge in [0.25, 0.3) is 0 Å². The molecule has 1 aromatic rings. The van der Waals surface area contributed by atoms with Crippen LogP contribution < -0.4 is 10.6 Å². The summed E-state index contributed by atoms with van der Waals surface area (Å²) < 4.78 is 10.8. The third-order valence-corrected chi connectivity index (χ3v) is 3.09. The lowest BCUT2D eigenvalue weighted by molar-refractivity contribution is 0.0698. The molecule has 0 atom stereocenters. The fourth-order valence-electron chi connectivity index (χ4n) is 1.45. The number of hydrogen-bond acceptors (Lipinski definition) is 4. The number of anilines is 1. The zero-order valence-corrected chi connectivity index (χ0v) is 13.7. The lowest BCUT2D eigenvalue weighted by atomic mass is 10.2. The van der Waals surface area contributed by atoms with Gasteiger partial charge in [0.1, 0.15) is 0 Å². The number of rotatable bonds is 8. The molecular formula is C13H17IN2O5. The standard InChI is InChI=1S/C13H17IN2O5/c1-20-6-7-21-5-4-15-13(19)16-11-3-2-9(14)8-10(11)12(17)18/h2-3,8H,4-7H2,1H3,(H,17,18)(H2,15,16,19). The van der Waals surface area contributed by atoms with E-state index in [1.54, 1.807) is 19.2 Å². The molecule has 0 radical (unpaired) electrons. The van der Waals surface area contributed by atoms with E-state index in [4.69, 9.17) is 14.6 Å². The summed E-state index contributed by atoms with van der Waals surface area (Å²) >= 11 is 2.01. The molecule has 8 heteroatoms. The number of carbonyl (C=O) groups excluding carboxylic acids is 1. The molecule has 1 aromatic carbocycles. The van der Waals surface area contributed by atoms with Gasteiger partial charge in [-0.3, -0.25) is 0 Å². The molecule has 0 heterocycles. The van der Waals surface area contributed by atoms with Crippen molar-refractivity contribution in [1.29, 1.82) is 0 Å². The number of hydrogen-bond donors (Lipinski definition) is 3. The van der Waals surface area contributed by atoms with E-state index in [1.165, 1.54) is 6.07 Å². The van der Waals surface area contributed by atoms with E-state index in [-0.39, 0.29) is 11.3 Å². The Morgan fingerprint density at radius 3 is 2.71 bits per heavy atom. The molecule has 0 aliphatic carbocycles. The number of methoxy groups -OCH3 is 1. The zero-order valence-electron chi connectivity index (χ0n) is 11.5. The molecule has 0 fully saturated rings. The topological polar surface area (TPSA) is 96.9 Å². The van der Waals surface area contributed by atoms with Crippen molar-refractivity contribution in [3.8, 4) is 0 Å². The van der Waals surface area contributed by atoms with E-state index in [1.807, 2.05) is 22.6 Å². The smallest absolute Gasteiger partial charge is 0.337 e. The van der Waals surface area contributed by atoms with Crippen LogP contribution in [-0.4, -0.2) is 50.6 Å². The molecule has 0 saturated carbocycles. The molecule has 0 unspecified atom stereocenters. The van der Waals surface area contributed by atoms with Gasteiger partial charge >= 0.3 is 12.0 Å². The summed E-state index contributed by atoms with van der Waals surface area (Å²) in [6.07, 6.45) is 0. The molecule has 3 N–H and O–H groups in total. The van der Waals surface area contributed by atoms with Crippen LogP contribution in [0.5, 0.6) is 0 Å². The Hall–Kier alpha value is -1.39. The average molecular weight is 408 g/mol. The molecule has 0 aliphatic heterocycles. The predicted molar refractivity (Wildman–Crippen MR) is 85.8 cm³/mol. The van der Waals surface area contributed by atoms with Crippen LogP contribution in [0, 0.1) is 3.57 Å². The molecule has 7 nitrogen and oxygen atoms in total. The number of aromatic carboxylic acids is 1. The van der Waals surface area contributed by atoms with Crippen molar-refractivity contribution in [2.75, 3.05) is 38.8 Å². The van der Waals surface area contributed by atoms with Crippen molar-refractivity contribution in [1.82, 2.24) is 5.32 Å². The van der Waals surface area contributed by atoms with Gasteiger partial charge in [-0.05, 0) is 40.8 Å². The van der Waals surface area contributed by atoms with Crippen LogP contribution in [0.1, 0.15) is 10.4 Å². The van der Waals surface area contributed by atoms with Gasteiger partial charge in [0.2, 0.25) is 0 Å². The molecule has 0 spiro atoms. The van der Waals surface area contributed by atoms with Gasteiger partial charge in [0, 0.05) is 17.2 Å². The number of ether oxygens (including phenoxy) is 2. The van der Waals surface area contributed by atoms with Gasteiger partial charge in [-0.1, -0.05) is 0 Å². The number of benzene rings is 1. The summed E-state index contributed by atoms with van der Waals surface area (Å²) in [5.74, 6) is -1.09. The lowest BCUT2D eigenvalue weighted by Crippen LogP contribution is -2.32. The van der Waals surface area contributed by atoms with Crippen LogP contribution in [0.3, 0.4) is 0 Å². The van der Waals surface area contributed by atoms with Crippen molar-refractivity contribution in [2.45, 2.75) is 0 Å². The summed E-state index contributed by atoms with van der Waals surface area (Å²) in [5.41, 5.74) is 0.300. The third-order valence-electron chi connectivity index (χ3n) is 2.42. The van der Waals surface area contributed by atoms with Crippen molar-refractivity contribution < 1.29 is 24.2 Å². The maximum absolute atomic E-state index is 11.7. The Bertz CT molecular complexity index is 495. The van der Waals surface area contributed by atoms with Crippen LogP contribution >= 0.6 is 22.6 Å². The first-order chi connectivity index (χ1) is 10.0. The number of carboxylic acid groups (broad SMARTS) is 1. The van der Waals surface area contributed by atoms with Gasteiger partial charge in [0.05, 0.1) is 31.1 Å². The summed E-state index contributed by atoms with van der Waals surface area (Å²) in [6, 6.07) is 4.29. The predicted octanol–water partition coefficient (Wildman–Crippen LogP) is 1.77. The maximum Gasteiger partial charge on any atom is 0.337 e. The first-order valence-corrected chi connectivity index (χ1v) is 7.27. The minimum absolute atomic E-state index is 0.0494. The molecule has 0 saturated heterocycles. The van der Waals surface area contributed by atoms with E-state index in [9.17, 15) is 9.59 Å². The van der Waals surface area contributed by atoms with E-state index < -0.39 is 12.0 Å². The van der Waals surface area contributed by atoms with E-state index in [2.05, 4.69) is 10.6 Å². The highest BCUT2D eigenvalue weighted by atomic mass is 127. The summed E-state index contributed by atoms with van der Waals surface area (Å²) in [4.78, 5) is 22.8. The second-order valence-corrected chi connectivity index (χ2v) is 5.23. The fraction of sp³-hybridized carbons (Fsp3) is 0.385. The van der Waals surface area contributed by atoms with E-state index in [0.29, 0.717) is 26.4 Å². The lowest BCUT2D eigenvalue weighted by Gasteiger charge is -2.10. The Balaban J connectivity index is 2.43. The van der Waals surface area contributed by atoms with Gasteiger partial charge in [0.15, 0.2) is 0 Å². The molecule has 0 bridgehead atoms. The number of amides is 2. The third kappa shape index (κ3) is 6.74. The molecule has 0 aromatic heterocycles. The monoisotopic (exact) mass is 408 g/mol. The van der Waals surface area contributed by atoms with Gasteiger partial charge < -0.3 is 25.2 Å². The normalized spacial score (nSPS) is 10.2. The molecule has 116 valence electrons. The second-order valence-electron chi connectivity index (χ2n) is 3.98. The maximum atomic E-state index is 11.7. The number of urea groups is 1. The first kappa shape index (κ1) is 17.7. The van der Waals surface area contributed by atoms with Gasteiger partial charge in [-0.2, -0.15) is 0 Å².